The second-order valence-corrected chi connectivity index (χ2v) is 5.71. The highest BCUT2D eigenvalue weighted by Crippen LogP contribution is 2.47. The Labute approximate surface area is 96.5 Å². The fourth-order valence-corrected chi connectivity index (χ4v) is 2.25. The van der Waals surface area contributed by atoms with Crippen LogP contribution in [0, 0.1) is 5.41 Å². The Morgan fingerprint density at radius 3 is 2.40 bits per heavy atom. The van der Waals surface area contributed by atoms with Crippen LogP contribution in [0.2, 0.25) is 0 Å². The van der Waals surface area contributed by atoms with Crippen LogP contribution in [0.3, 0.4) is 0 Å². The van der Waals surface area contributed by atoms with E-state index in [0.29, 0.717) is 4.83 Å². The van der Waals surface area contributed by atoms with Crippen LogP contribution in [0.4, 0.5) is 13.2 Å². The van der Waals surface area contributed by atoms with Crippen molar-refractivity contribution in [3.8, 4) is 0 Å². The summed E-state index contributed by atoms with van der Waals surface area (Å²) in [5, 5.41) is 0. The highest BCUT2D eigenvalue weighted by molar-refractivity contribution is 9.09. The molecule has 2 atom stereocenters. The molecule has 0 aliphatic heterocycles. The lowest BCUT2D eigenvalue weighted by Gasteiger charge is -2.48. The minimum atomic E-state index is -4.06. The maximum atomic E-state index is 11.8. The predicted octanol–water partition coefficient (Wildman–Crippen LogP) is 3.91. The number of hydrogen-bond donors (Lipinski definition) is 0. The first kappa shape index (κ1) is 13.3. The molecule has 0 amide bonds. The van der Waals surface area contributed by atoms with Gasteiger partial charge < -0.3 is 4.74 Å². The fraction of sp³-hybridized carbons (Fsp3) is 1.00. The molecule has 1 rings (SSSR count). The van der Waals surface area contributed by atoms with E-state index in [2.05, 4.69) is 29.8 Å². The lowest BCUT2D eigenvalue weighted by Crippen LogP contribution is -2.51. The quantitative estimate of drug-likeness (QED) is 0.563. The van der Waals surface area contributed by atoms with Gasteiger partial charge in [-0.15, -0.1) is 0 Å². The molecule has 5 heteroatoms. The van der Waals surface area contributed by atoms with Gasteiger partial charge in [0, 0.05) is 23.3 Å². The predicted molar refractivity (Wildman–Crippen MR) is 56.1 cm³/mol. The average Bonchev–Trinajstić information content (AvgIpc) is 2.08. The summed E-state index contributed by atoms with van der Waals surface area (Å²) in [6, 6.07) is 0. The van der Waals surface area contributed by atoms with Gasteiger partial charge in [0.25, 0.3) is 0 Å². The molecule has 0 radical (unpaired) electrons. The van der Waals surface area contributed by atoms with E-state index in [9.17, 15) is 13.2 Å². The molecule has 0 heterocycles. The van der Waals surface area contributed by atoms with Crippen molar-refractivity contribution in [1.82, 2.24) is 0 Å². The van der Waals surface area contributed by atoms with E-state index < -0.39 is 12.6 Å². The van der Waals surface area contributed by atoms with Gasteiger partial charge in [0.05, 0.1) is 6.10 Å². The third-order valence-electron chi connectivity index (χ3n) is 2.98. The largest absolute Gasteiger partial charge is 0.389 e. The van der Waals surface area contributed by atoms with Crippen molar-refractivity contribution >= 4 is 15.9 Å². The van der Waals surface area contributed by atoms with E-state index in [1.165, 1.54) is 0 Å². The van der Waals surface area contributed by atoms with Gasteiger partial charge in [0.1, 0.15) is 0 Å². The molecule has 0 saturated heterocycles. The van der Waals surface area contributed by atoms with Crippen molar-refractivity contribution in [1.29, 1.82) is 0 Å². The molecule has 90 valence electrons. The smallest absolute Gasteiger partial charge is 0.378 e. The highest BCUT2D eigenvalue weighted by atomic mass is 79.9. The van der Waals surface area contributed by atoms with Crippen LogP contribution in [0.15, 0.2) is 0 Å². The zero-order chi connectivity index (χ0) is 11.7. The molecule has 1 saturated carbocycles. The summed E-state index contributed by atoms with van der Waals surface area (Å²) >= 11 is 3.50. The summed E-state index contributed by atoms with van der Waals surface area (Å²) in [5.41, 5.74) is 0.0399. The van der Waals surface area contributed by atoms with Crippen molar-refractivity contribution in [3.63, 3.8) is 0 Å². The lowest BCUT2D eigenvalue weighted by molar-refractivity contribution is -0.144. The fourth-order valence-electron chi connectivity index (χ4n) is 1.62. The van der Waals surface area contributed by atoms with E-state index in [4.69, 9.17) is 4.74 Å². The number of hydrogen-bond acceptors (Lipinski definition) is 1. The Morgan fingerprint density at radius 1 is 1.40 bits per heavy atom. The molecule has 0 N–H and O–H groups in total. The molecule has 1 nitrogen and oxygen atoms in total. The molecule has 15 heavy (non-hydrogen) atoms. The Bertz CT molecular complexity index is 215. The first-order valence-electron chi connectivity index (χ1n) is 5.06. The number of ether oxygens (including phenoxy) is 1. The Balaban J connectivity index is 2.12. The van der Waals surface area contributed by atoms with Gasteiger partial charge in [-0.1, -0.05) is 29.8 Å². The SMILES string of the molecule is CC1(C)C(Br)CC1OCCCC(F)(F)F. The van der Waals surface area contributed by atoms with E-state index in [1.807, 2.05) is 0 Å². The highest BCUT2D eigenvalue weighted by Gasteiger charge is 2.47. The first-order valence-corrected chi connectivity index (χ1v) is 5.97. The standard InChI is InChI=1S/C10H16BrF3O/c1-9(2)7(11)6-8(9)15-5-3-4-10(12,13)14/h7-8H,3-6H2,1-2H3. The summed E-state index contributed by atoms with van der Waals surface area (Å²) in [6.07, 6.45) is -3.77. The molecule has 0 spiro atoms. The average molecular weight is 289 g/mol. The van der Waals surface area contributed by atoms with Crippen molar-refractivity contribution in [3.05, 3.63) is 0 Å². The molecule has 0 bridgehead atoms. The zero-order valence-corrected chi connectivity index (χ0v) is 10.5. The molecule has 1 aliphatic carbocycles. The van der Waals surface area contributed by atoms with Crippen molar-refractivity contribution < 1.29 is 17.9 Å². The minimum absolute atomic E-state index is 0.0399. The number of alkyl halides is 4. The molecule has 0 aromatic heterocycles. The lowest BCUT2D eigenvalue weighted by atomic mass is 9.69. The number of rotatable bonds is 4. The minimum Gasteiger partial charge on any atom is -0.378 e. The van der Waals surface area contributed by atoms with Crippen LogP contribution in [-0.4, -0.2) is 23.7 Å². The second-order valence-electron chi connectivity index (χ2n) is 4.60. The van der Waals surface area contributed by atoms with Crippen molar-refractivity contribution in [2.75, 3.05) is 6.61 Å². The Hall–Kier alpha value is 0.230. The maximum absolute atomic E-state index is 11.8. The van der Waals surface area contributed by atoms with Gasteiger partial charge >= 0.3 is 6.18 Å². The first-order chi connectivity index (χ1) is 6.73. The van der Waals surface area contributed by atoms with Gasteiger partial charge in [-0.25, -0.2) is 0 Å². The molecule has 2 unspecified atom stereocenters. The van der Waals surface area contributed by atoms with E-state index in [1.54, 1.807) is 0 Å². The van der Waals surface area contributed by atoms with E-state index in [0.717, 1.165) is 6.42 Å². The van der Waals surface area contributed by atoms with Gasteiger partial charge in [-0.3, -0.25) is 0 Å². The van der Waals surface area contributed by atoms with Crippen LogP contribution in [0.5, 0.6) is 0 Å². The molecular weight excluding hydrogens is 273 g/mol. The van der Waals surface area contributed by atoms with Crippen LogP contribution in [-0.2, 0) is 4.74 Å². The summed E-state index contributed by atoms with van der Waals surface area (Å²) in [7, 11) is 0. The summed E-state index contributed by atoms with van der Waals surface area (Å²) in [4.78, 5) is 0.414. The van der Waals surface area contributed by atoms with Crippen LogP contribution in [0.25, 0.3) is 0 Å². The number of halogens is 4. The third-order valence-corrected chi connectivity index (χ3v) is 4.54. The molecular formula is C10H16BrF3O. The molecule has 1 fully saturated rings. The van der Waals surface area contributed by atoms with E-state index in [-0.39, 0.29) is 24.5 Å². The summed E-state index contributed by atoms with van der Waals surface area (Å²) in [6.45, 7) is 4.32. The van der Waals surface area contributed by atoms with Crippen LogP contribution < -0.4 is 0 Å². The van der Waals surface area contributed by atoms with Crippen molar-refractivity contribution in [2.45, 2.75) is 50.2 Å². The zero-order valence-electron chi connectivity index (χ0n) is 8.90. The normalized spacial score (nSPS) is 30.0. The molecule has 0 aromatic carbocycles. The van der Waals surface area contributed by atoms with Crippen LogP contribution >= 0.6 is 15.9 Å². The Morgan fingerprint density at radius 2 is 2.00 bits per heavy atom. The Kier molecular flexibility index (Phi) is 4.09. The summed E-state index contributed by atoms with van der Waals surface area (Å²) in [5.74, 6) is 0. The molecule has 1 aliphatic rings. The molecule has 0 aromatic rings. The van der Waals surface area contributed by atoms with Gasteiger partial charge in [-0.05, 0) is 12.8 Å². The van der Waals surface area contributed by atoms with E-state index >= 15 is 0 Å². The summed E-state index contributed by atoms with van der Waals surface area (Å²) < 4.78 is 40.9. The van der Waals surface area contributed by atoms with Gasteiger partial charge in [-0.2, -0.15) is 13.2 Å². The maximum Gasteiger partial charge on any atom is 0.389 e. The monoisotopic (exact) mass is 288 g/mol. The van der Waals surface area contributed by atoms with Crippen LogP contribution in [0.1, 0.15) is 33.1 Å². The van der Waals surface area contributed by atoms with Crippen molar-refractivity contribution in [2.24, 2.45) is 5.41 Å². The topological polar surface area (TPSA) is 9.23 Å². The third kappa shape index (κ3) is 3.63. The van der Waals surface area contributed by atoms with Gasteiger partial charge in [0.15, 0.2) is 0 Å². The second kappa shape index (κ2) is 4.62. The van der Waals surface area contributed by atoms with Gasteiger partial charge in [0.2, 0.25) is 0 Å².